The van der Waals surface area contributed by atoms with Gasteiger partial charge in [0.05, 0.1) is 6.42 Å². The van der Waals surface area contributed by atoms with E-state index in [9.17, 15) is 19.5 Å². The Morgan fingerprint density at radius 3 is 2.32 bits per heavy atom. The molecule has 0 saturated heterocycles. The van der Waals surface area contributed by atoms with Crippen molar-refractivity contribution in [3.63, 3.8) is 0 Å². The maximum atomic E-state index is 11.7. The highest BCUT2D eigenvalue weighted by atomic mass is 16.4. The average Bonchev–Trinajstić information content (AvgIpc) is 2.31. The number of aromatic hydroxyl groups is 2. The highest BCUT2D eigenvalue weighted by Crippen LogP contribution is 2.24. The summed E-state index contributed by atoms with van der Waals surface area (Å²) < 4.78 is 0. The molecule has 8 heteroatoms. The van der Waals surface area contributed by atoms with Gasteiger partial charge in [0, 0.05) is 5.56 Å². The van der Waals surface area contributed by atoms with Crippen molar-refractivity contribution in [3.05, 3.63) is 23.8 Å². The summed E-state index contributed by atoms with van der Waals surface area (Å²) in [6, 6.07) is 1.77. The number of primary amides is 1. The first-order valence-electron chi connectivity index (χ1n) is 5.15. The second-order valence-electron chi connectivity index (χ2n) is 3.74. The lowest BCUT2D eigenvalue weighted by atomic mass is 10.1. The molecule has 0 aromatic heterocycles. The molecule has 1 unspecified atom stereocenters. The van der Waals surface area contributed by atoms with E-state index in [4.69, 9.17) is 15.9 Å². The Labute approximate surface area is 107 Å². The third kappa shape index (κ3) is 3.87. The number of hydrogen-bond donors (Lipinski definition) is 5. The quantitative estimate of drug-likeness (QED) is 0.439. The van der Waals surface area contributed by atoms with E-state index in [1.165, 1.54) is 6.07 Å². The van der Waals surface area contributed by atoms with Gasteiger partial charge < -0.3 is 26.4 Å². The first-order chi connectivity index (χ1) is 8.81. The van der Waals surface area contributed by atoms with Gasteiger partial charge in [-0.3, -0.25) is 9.59 Å². The molecule has 0 saturated carbocycles. The van der Waals surface area contributed by atoms with Crippen LogP contribution in [0.25, 0.3) is 0 Å². The Morgan fingerprint density at radius 1 is 1.21 bits per heavy atom. The van der Waals surface area contributed by atoms with Crippen LogP contribution in [0, 0.1) is 0 Å². The molecule has 19 heavy (non-hydrogen) atoms. The van der Waals surface area contributed by atoms with E-state index in [0.717, 1.165) is 12.1 Å². The largest absolute Gasteiger partial charge is 0.504 e. The van der Waals surface area contributed by atoms with Crippen LogP contribution in [-0.2, 0) is 9.59 Å². The van der Waals surface area contributed by atoms with Crippen LogP contribution in [0.15, 0.2) is 18.2 Å². The Bertz CT molecular complexity index is 528. The number of nitrogens with two attached hydrogens (primary N) is 1. The zero-order chi connectivity index (χ0) is 14.6. The molecule has 0 aliphatic rings. The van der Waals surface area contributed by atoms with Gasteiger partial charge in [-0.05, 0) is 18.2 Å². The number of rotatable bonds is 5. The Balaban J connectivity index is 2.84. The second kappa shape index (κ2) is 5.71. The molecular formula is C11H12N2O6. The molecule has 1 aromatic rings. The zero-order valence-corrected chi connectivity index (χ0v) is 9.66. The standard InChI is InChI=1S/C11H12N2O6/c12-9(16)4-6(11(18)19)13-10(17)5-1-2-7(14)8(15)3-5/h1-3,6,14-15H,4H2,(H2,12,16)(H,13,17)(H,18,19). The number of nitrogens with one attached hydrogen (secondary N) is 1. The van der Waals surface area contributed by atoms with Gasteiger partial charge in [0.1, 0.15) is 6.04 Å². The van der Waals surface area contributed by atoms with Gasteiger partial charge in [0.2, 0.25) is 5.91 Å². The molecular weight excluding hydrogens is 256 g/mol. The van der Waals surface area contributed by atoms with Crippen LogP contribution in [0.2, 0.25) is 0 Å². The third-order valence-electron chi connectivity index (χ3n) is 2.25. The van der Waals surface area contributed by atoms with Gasteiger partial charge in [-0.1, -0.05) is 0 Å². The van der Waals surface area contributed by atoms with Crippen LogP contribution in [0.1, 0.15) is 16.8 Å². The minimum atomic E-state index is -1.46. The maximum absolute atomic E-state index is 11.7. The Kier molecular flexibility index (Phi) is 4.30. The lowest BCUT2D eigenvalue weighted by molar-refractivity contribution is -0.140. The van der Waals surface area contributed by atoms with Crippen molar-refractivity contribution in [1.29, 1.82) is 0 Å². The first-order valence-corrected chi connectivity index (χ1v) is 5.15. The summed E-state index contributed by atoms with van der Waals surface area (Å²) in [7, 11) is 0. The van der Waals surface area contributed by atoms with E-state index in [1.807, 2.05) is 0 Å². The average molecular weight is 268 g/mol. The van der Waals surface area contributed by atoms with Crippen LogP contribution in [0.4, 0.5) is 0 Å². The zero-order valence-electron chi connectivity index (χ0n) is 9.66. The molecule has 0 fully saturated rings. The predicted octanol–water partition coefficient (Wildman–Crippen LogP) is -0.844. The van der Waals surface area contributed by atoms with E-state index in [1.54, 1.807) is 0 Å². The number of benzene rings is 1. The molecule has 2 amide bonds. The highest BCUT2D eigenvalue weighted by molar-refractivity contribution is 5.98. The van der Waals surface area contributed by atoms with E-state index < -0.39 is 41.7 Å². The summed E-state index contributed by atoms with van der Waals surface area (Å²) in [5.41, 5.74) is 4.80. The SMILES string of the molecule is NC(=O)CC(NC(=O)c1ccc(O)c(O)c1)C(=O)O. The van der Waals surface area contributed by atoms with Crippen LogP contribution in [-0.4, -0.2) is 39.1 Å². The third-order valence-corrected chi connectivity index (χ3v) is 2.25. The van der Waals surface area contributed by atoms with E-state index in [-0.39, 0.29) is 5.56 Å². The minimum Gasteiger partial charge on any atom is -0.504 e. The first kappa shape index (κ1) is 14.3. The molecule has 0 aliphatic heterocycles. The Hall–Kier alpha value is -2.77. The van der Waals surface area contributed by atoms with Crippen LogP contribution in [0.3, 0.4) is 0 Å². The van der Waals surface area contributed by atoms with Gasteiger partial charge in [0.25, 0.3) is 5.91 Å². The molecule has 0 radical (unpaired) electrons. The highest BCUT2D eigenvalue weighted by Gasteiger charge is 2.23. The lowest BCUT2D eigenvalue weighted by Gasteiger charge is -2.13. The molecule has 0 aliphatic carbocycles. The Morgan fingerprint density at radius 2 is 1.84 bits per heavy atom. The molecule has 1 atom stereocenters. The number of phenolic OH excluding ortho intramolecular Hbond substituents is 2. The molecule has 102 valence electrons. The van der Waals surface area contributed by atoms with E-state index in [0.29, 0.717) is 0 Å². The summed E-state index contributed by atoms with van der Waals surface area (Å²) in [6.45, 7) is 0. The molecule has 1 rings (SSSR count). The number of aliphatic carboxylic acids is 1. The molecule has 0 heterocycles. The van der Waals surface area contributed by atoms with Crippen molar-refractivity contribution in [1.82, 2.24) is 5.32 Å². The number of amides is 2. The van der Waals surface area contributed by atoms with Gasteiger partial charge in [-0.2, -0.15) is 0 Å². The second-order valence-corrected chi connectivity index (χ2v) is 3.74. The van der Waals surface area contributed by atoms with Crippen LogP contribution in [0.5, 0.6) is 11.5 Å². The van der Waals surface area contributed by atoms with Gasteiger partial charge >= 0.3 is 5.97 Å². The number of carboxylic acid groups (broad SMARTS) is 1. The molecule has 8 nitrogen and oxygen atoms in total. The summed E-state index contributed by atoms with van der Waals surface area (Å²) in [4.78, 5) is 33.2. The fourth-order valence-corrected chi connectivity index (χ4v) is 1.31. The topological polar surface area (TPSA) is 150 Å². The summed E-state index contributed by atoms with van der Waals surface area (Å²) >= 11 is 0. The van der Waals surface area contributed by atoms with Crippen LogP contribution >= 0.6 is 0 Å². The number of carboxylic acids is 1. The monoisotopic (exact) mass is 268 g/mol. The summed E-state index contributed by atoms with van der Waals surface area (Å²) in [6.07, 6.45) is -0.550. The van der Waals surface area contributed by atoms with Crippen LogP contribution < -0.4 is 11.1 Å². The fraction of sp³-hybridized carbons (Fsp3) is 0.182. The molecule has 0 bridgehead atoms. The number of phenols is 2. The smallest absolute Gasteiger partial charge is 0.326 e. The van der Waals surface area contributed by atoms with Crippen molar-refractivity contribution in [3.8, 4) is 11.5 Å². The molecule has 0 spiro atoms. The number of hydrogen-bond acceptors (Lipinski definition) is 5. The lowest BCUT2D eigenvalue weighted by Crippen LogP contribution is -2.43. The van der Waals surface area contributed by atoms with Gasteiger partial charge in [0.15, 0.2) is 11.5 Å². The maximum Gasteiger partial charge on any atom is 0.326 e. The van der Waals surface area contributed by atoms with E-state index in [2.05, 4.69) is 5.32 Å². The summed E-state index contributed by atoms with van der Waals surface area (Å²) in [5.74, 6) is -4.03. The van der Waals surface area contributed by atoms with Crippen molar-refractivity contribution in [2.24, 2.45) is 5.73 Å². The van der Waals surface area contributed by atoms with Crippen molar-refractivity contribution in [2.45, 2.75) is 12.5 Å². The summed E-state index contributed by atoms with van der Waals surface area (Å²) in [5, 5.41) is 29.2. The normalized spacial score (nSPS) is 11.6. The van der Waals surface area contributed by atoms with Crippen molar-refractivity contribution < 1.29 is 29.7 Å². The molecule has 1 aromatic carbocycles. The van der Waals surface area contributed by atoms with Crippen molar-refractivity contribution >= 4 is 17.8 Å². The fourth-order valence-electron chi connectivity index (χ4n) is 1.31. The van der Waals surface area contributed by atoms with Gasteiger partial charge in [-0.15, -0.1) is 0 Å². The number of carbonyl (C=O) groups excluding carboxylic acids is 2. The molecule has 6 N–H and O–H groups in total. The van der Waals surface area contributed by atoms with Crippen molar-refractivity contribution in [2.75, 3.05) is 0 Å². The van der Waals surface area contributed by atoms with Gasteiger partial charge in [-0.25, -0.2) is 4.79 Å². The van der Waals surface area contributed by atoms with E-state index >= 15 is 0 Å². The number of carbonyl (C=O) groups is 3. The minimum absolute atomic E-state index is 0.0639. The predicted molar refractivity (Wildman–Crippen MR) is 62.5 cm³/mol.